The van der Waals surface area contributed by atoms with Crippen LogP contribution in [0.15, 0.2) is 36.8 Å². The van der Waals surface area contributed by atoms with E-state index in [1.807, 2.05) is 0 Å². The predicted molar refractivity (Wildman–Crippen MR) is 113 cm³/mol. The minimum Gasteiger partial charge on any atom is -0.351 e. The molecule has 3 aromatic rings. The first-order valence-corrected chi connectivity index (χ1v) is 10.4. The third-order valence-electron chi connectivity index (χ3n) is 5.95. The second-order valence-electron chi connectivity index (χ2n) is 8.12. The van der Waals surface area contributed by atoms with Crippen molar-refractivity contribution in [2.75, 3.05) is 18.4 Å². The van der Waals surface area contributed by atoms with E-state index >= 15 is 0 Å². The van der Waals surface area contributed by atoms with Crippen molar-refractivity contribution in [3.63, 3.8) is 0 Å². The molecule has 0 spiro atoms. The molecule has 164 valence electrons. The number of H-pyrrole nitrogens is 1. The highest BCUT2D eigenvalue weighted by Gasteiger charge is 2.28. The van der Waals surface area contributed by atoms with Gasteiger partial charge in [-0.15, -0.1) is 0 Å². The molecule has 0 bridgehead atoms. The third kappa shape index (κ3) is 4.20. The van der Waals surface area contributed by atoms with Gasteiger partial charge in [0.2, 0.25) is 11.9 Å². The van der Waals surface area contributed by atoms with Gasteiger partial charge in [0, 0.05) is 49.1 Å². The van der Waals surface area contributed by atoms with Gasteiger partial charge in [-0.05, 0) is 48.6 Å². The number of nitrogens with zero attached hydrogens (tertiary/aromatic N) is 5. The van der Waals surface area contributed by atoms with Crippen molar-refractivity contribution >= 4 is 17.9 Å². The van der Waals surface area contributed by atoms with Crippen molar-refractivity contribution in [1.29, 1.82) is 0 Å². The Morgan fingerprint density at radius 3 is 2.50 bits per heavy atom. The Hall–Kier alpha value is -3.69. The van der Waals surface area contributed by atoms with Gasteiger partial charge in [0.25, 0.3) is 0 Å². The van der Waals surface area contributed by atoms with E-state index in [0.29, 0.717) is 37.4 Å². The number of benzene rings is 1. The molecule has 1 aliphatic heterocycles. The number of carbonyl (C=O) groups is 1. The quantitative estimate of drug-likeness (QED) is 0.595. The summed E-state index contributed by atoms with van der Waals surface area (Å²) < 4.78 is 26.8. The van der Waals surface area contributed by atoms with Crippen LogP contribution in [0.4, 0.5) is 14.7 Å². The van der Waals surface area contributed by atoms with Crippen LogP contribution in [-0.4, -0.2) is 55.3 Å². The lowest BCUT2D eigenvalue weighted by molar-refractivity contribution is -0.124. The molecular weight excluding hydrogens is 416 g/mol. The highest BCUT2D eigenvalue weighted by atomic mass is 19.2. The number of carbonyl (C=O) groups excluding carboxylic acids is 1. The molecule has 1 unspecified atom stereocenters. The molecule has 2 aromatic heterocycles. The van der Waals surface area contributed by atoms with Gasteiger partial charge in [-0.2, -0.15) is 15.4 Å². The average molecular weight is 437 g/mol. The van der Waals surface area contributed by atoms with E-state index in [-0.39, 0.29) is 17.9 Å². The molecule has 0 radical (unpaired) electrons. The summed E-state index contributed by atoms with van der Waals surface area (Å²) in [6.45, 7) is 1.30. The first-order chi connectivity index (χ1) is 15.5. The lowest BCUT2D eigenvalue weighted by Gasteiger charge is -2.13. The van der Waals surface area contributed by atoms with Crippen LogP contribution in [0.5, 0.6) is 0 Å². The molecule has 3 heterocycles. The number of aromatic amines is 1. The van der Waals surface area contributed by atoms with E-state index < -0.39 is 11.6 Å². The van der Waals surface area contributed by atoms with Crippen LogP contribution in [0.2, 0.25) is 0 Å². The molecule has 1 fully saturated rings. The molecule has 1 aliphatic carbocycles. The number of aromatic nitrogens is 5. The molecule has 1 saturated heterocycles. The van der Waals surface area contributed by atoms with Crippen LogP contribution < -0.4 is 5.32 Å². The van der Waals surface area contributed by atoms with E-state index in [1.54, 1.807) is 29.6 Å². The zero-order chi connectivity index (χ0) is 22.1. The molecule has 1 amide bonds. The molecule has 1 atom stereocenters. The topological polar surface area (TPSA) is 99.7 Å². The number of likely N-dealkylation sites (tertiary alicyclic amines) is 1. The standard InChI is InChI=1S/C22H21F2N7O/c23-18-7-15-5-17(6-16(15)8-19(18)24)28-22-25-9-13(10-26-22)1-2-21(32)31-4-3-14(12-31)20-11-27-30-29-20/h1-2,7-11,14,17H,3-6,12H2,(H,25,26,28)(H,27,29,30)/b2-1+. The molecule has 0 saturated carbocycles. The van der Waals surface area contributed by atoms with Crippen LogP contribution >= 0.6 is 0 Å². The fourth-order valence-electron chi connectivity index (χ4n) is 4.28. The normalized spacial score (nSPS) is 18.4. The zero-order valence-electron chi connectivity index (χ0n) is 17.1. The predicted octanol–water partition coefficient (Wildman–Crippen LogP) is 2.48. The summed E-state index contributed by atoms with van der Waals surface area (Å²) >= 11 is 0. The molecule has 1 aromatic carbocycles. The first kappa shape index (κ1) is 20.2. The fourth-order valence-corrected chi connectivity index (χ4v) is 4.28. The van der Waals surface area contributed by atoms with Crippen LogP contribution in [0.25, 0.3) is 6.08 Å². The summed E-state index contributed by atoms with van der Waals surface area (Å²) in [5.74, 6) is -1.08. The Labute approximate surface area is 182 Å². The molecule has 2 aliphatic rings. The van der Waals surface area contributed by atoms with E-state index in [1.165, 1.54) is 18.2 Å². The summed E-state index contributed by atoms with van der Waals surface area (Å²) in [5, 5.41) is 13.7. The van der Waals surface area contributed by atoms with Gasteiger partial charge in [0.05, 0.1) is 11.9 Å². The van der Waals surface area contributed by atoms with Crippen molar-refractivity contribution in [2.45, 2.75) is 31.2 Å². The van der Waals surface area contributed by atoms with E-state index in [0.717, 1.165) is 23.2 Å². The summed E-state index contributed by atoms with van der Waals surface area (Å²) in [7, 11) is 0. The molecule has 8 nitrogen and oxygen atoms in total. The van der Waals surface area contributed by atoms with Gasteiger partial charge < -0.3 is 10.2 Å². The Balaban J connectivity index is 1.15. The highest BCUT2D eigenvalue weighted by Crippen LogP contribution is 2.27. The zero-order valence-corrected chi connectivity index (χ0v) is 17.1. The maximum absolute atomic E-state index is 13.4. The largest absolute Gasteiger partial charge is 0.351 e. The van der Waals surface area contributed by atoms with E-state index in [4.69, 9.17) is 0 Å². The van der Waals surface area contributed by atoms with Gasteiger partial charge >= 0.3 is 0 Å². The number of hydrogen-bond donors (Lipinski definition) is 2. The SMILES string of the molecule is O=C(/C=C/c1cnc(NC2Cc3cc(F)c(F)cc3C2)nc1)N1CCC(c2cn[nH]n2)C1. The number of rotatable bonds is 5. The van der Waals surface area contributed by atoms with E-state index in [2.05, 4.69) is 30.7 Å². The van der Waals surface area contributed by atoms with Gasteiger partial charge in [0.15, 0.2) is 11.6 Å². The van der Waals surface area contributed by atoms with Gasteiger partial charge in [-0.1, -0.05) is 0 Å². The highest BCUT2D eigenvalue weighted by molar-refractivity contribution is 5.91. The lowest BCUT2D eigenvalue weighted by Crippen LogP contribution is -2.26. The van der Waals surface area contributed by atoms with Crippen molar-refractivity contribution in [1.82, 2.24) is 30.3 Å². The van der Waals surface area contributed by atoms with Crippen LogP contribution in [0, 0.1) is 11.6 Å². The minimum absolute atomic E-state index is 0.0259. The van der Waals surface area contributed by atoms with Gasteiger partial charge in [0.1, 0.15) is 0 Å². The van der Waals surface area contributed by atoms with Gasteiger partial charge in [-0.25, -0.2) is 18.7 Å². The molecule has 2 N–H and O–H groups in total. The maximum atomic E-state index is 13.4. The maximum Gasteiger partial charge on any atom is 0.246 e. The Bertz CT molecular complexity index is 1120. The molecule has 32 heavy (non-hydrogen) atoms. The summed E-state index contributed by atoms with van der Waals surface area (Å²) in [4.78, 5) is 22.9. The number of halogens is 2. The monoisotopic (exact) mass is 437 g/mol. The molecule has 5 rings (SSSR count). The molecular formula is C22H21F2N7O. The number of amides is 1. The lowest BCUT2D eigenvalue weighted by atomic mass is 10.1. The first-order valence-electron chi connectivity index (χ1n) is 10.4. The third-order valence-corrected chi connectivity index (χ3v) is 5.95. The van der Waals surface area contributed by atoms with Crippen LogP contribution in [-0.2, 0) is 17.6 Å². The average Bonchev–Trinajstić information content (AvgIpc) is 3.54. The summed E-state index contributed by atoms with van der Waals surface area (Å²) in [5.41, 5.74) is 3.18. The Morgan fingerprint density at radius 2 is 1.84 bits per heavy atom. The smallest absolute Gasteiger partial charge is 0.246 e. The Kier molecular flexibility index (Phi) is 5.34. The van der Waals surface area contributed by atoms with Crippen LogP contribution in [0.1, 0.15) is 34.7 Å². The number of hydrogen-bond acceptors (Lipinski definition) is 6. The summed E-state index contributed by atoms with van der Waals surface area (Å²) in [6, 6.07) is 2.49. The Morgan fingerprint density at radius 1 is 1.12 bits per heavy atom. The number of anilines is 1. The van der Waals surface area contributed by atoms with Gasteiger partial charge in [-0.3, -0.25) is 4.79 Å². The number of nitrogens with one attached hydrogen (secondary N) is 2. The van der Waals surface area contributed by atoms with Crippen molar-refractivity contribution < 1.29 is 13.6 Å². The van der Waals surface area contributed by atoms with Crippen molar-refractivity contribution in [3.8, 4) is 0 Å². The number of fused-ring (bicyclic) bond motifs is 1. The van der Waals surface area contributed by atoms with Crippen LogP contribution in [0.3, 0.4) is 0 Å². The van der Waals surface area contributed by atoms with Crippen molar-refractivity contribution in [3.05, 3.63) is 70.8 Å². The second-order valence-corrected chi connectivity index (χ2v) is 8.12. The molecule has 10 heteroatoms. The van der Waals surface area contributed by atoms with E-state index in [9.17, 15) is 13.6 Å². The summed E-state index contributed by atoms with van der Waals surface area (Å²) in [6.07, 6.45) is 10.2. The second kappa shape index (κ2) is 8.45. The minimum atomic E-state index is -0.825. The fraction of sp³-hybridized carbons (Fsp3) is 0.318. The van der Waals surface area contributed by atoms with Crippen molar-refractivity contribution in [2.24, 2.45) is 0 Å².